The summed E-state index contributed by atoms with van der Waals surface area (Å²) in [6.45, 7) is 0.964. The maximum atomic E-state index is 12.4. The fourth-order valence-corrected chi connectivity index (χ4v) is 3.97. The van der Waals surface area contributed by atoms with Crippen molar-refractivity contribution in [3.05, 3.63) is 48.3 Å². The number of nitrogens with one attached hydrogen (secondary N) is 2. The number of nitrogens with zero attached hydrogens (tertiary/aromatic N) is 2. The summed E-state index contributed by atoms with van der Waals surface area (Å²) in [6.07, 6.45) is 2.98. The van der Waals surface area contributed by atoms with Gasteiger partial charge in [-0.2, -0.15) is 5.10 Å². The topological polar surface area (TPSA) is 95.2 Å². The van der Waals surface area contributed by atoms with Crippen molar-refractivity contribution in [3.8, 4) is 0 Å². The van der Waals surface area contributed by atoms with Crippen LogP contribution in [0.5, 0.6) is 0 Å². The van der Waals surface area contributed by atoms with Crippen LogP contribution in [-0.4, -0.2) is 48.6 Å². The molecule has 2 aromatic rings. The van der Waals surface area contributed by atoms with Crippen molar-refractivity contribution in [3.63, 3.8) is 0 Å². The van der Waals surface area contributed by atoms with Gasteiger partial charge in [0.15, 0.2) is 0 Å². The van der Waals surface area contributed by atoms with Crippen molar-refractivity contribution in [2.24, 2.45) is 0 Å². The molecule has 1 aromatic heterocycles. The first kappa shape index (κ1) is 15.7. The van der Waals surface area contributed by atoms with Gasteiger partial charge in [0.25, 0.3) is 5.91 Å². The summed E-state index contributed by atoms with van der Waals surface area (Å²) in [5.74, 6) is -0.161. The zero-order valence-corrected chi connectivity index (χ0v) is 13.3. The molecule has 2 N–H and O–H groups in total. The minimum absolute atomic E-state index is 0.161. The van der Waals surface area contributed by atoms with E-state index in [1.165, 1.54) is 6.20 Å². The first-order valence-corrected chi connectivity index (χ1v) is 8.90. The maximum Gasteiger partial charge on any atom is 0.271 e. The number of sulfonamides is 1. The van der Waals surface area contributed by atoms with Crippen LogP contribution in [0.2, 0.25) is 0 Å². The summed E-state index contributed by atoms with van der Waals surface area (Å²) in [4.78, 5) is 14.2. The normalized spacial score (nSPS) is 18.8. The number of hydrogen-bond donors (Lipinski definition) is 2. The molecule has 7 nitrogen and oxygen atoms in total. The van der Waals surface area contributed by atoms with E-state index >= 15 is 0 Å². The molecule has 0 aliphatic carbocycles. The molecule has 1 aliphatic rings. The molecule has 0 bridgehead atoms. The molecule has 2 heterocycles. The zero-order valence-electron chi connectivity index (χ0n) is 12.5. The van der Waals surface area contributed by atoms with Crippen molar-refractivity contribution in [1.29, 1.82) is 0 Å². The number of aromatic amines is 1. The first-order chi connectivity index (χ1) is 11.1. The number of rotatable bonds is 4. The van der Waals surface area contributed by atoms with Gasteiger partial charge in [-0.3, -0.25) is 9.89 Å². The largest absolute Gasteiger partial charge is 0.336 e. The number of amides is 1. The molecular formula is C15H18N4O3S. The summed E-state index contributed by atoms with van der Waals surface area (Å²) in [6, 6.07) is 9.57. The van der Waals surface area contributed by atoms with Gasteiger partial charge in [-0.1, -0.05) is 18.2 Å². The van der Waals surface area contributed by atoms with E-state index in [1.54, 1.807) is 41.3 Å². The number of hydrogen-bond acceptors (Lipinski definition) is 4. The van der Waals surface area contributed by atoms with Crippen LogP contribution in [0.3, 0.4) is 0 Å². The van der Waals surface area contributed by atoms with E-state index in [0.29, 0.717) is 25.2 Å². The van der Waals surface area contributed by atoms with Gasteiger partial charge >= 0.3 is 0 Å². The zero-order chi connectivity index (χ0) is 16.3. The molecule has 0 spiro atoms. The van der Waals surface area contributed by atoms with Crippen LogP contribution in [0.25, 0.3) is 0 Å². The van der Waals surface area contributed by atoms with Gasteiger partial charge in [0.1, 0.15) is 5.69 Å². The molecule has 8 heteroatoms. The lowest BCUT2D eigenvalue weighted by Gasteiger charge is -2.32. The molecule has 122 valence electrons. The number of likely N-dealkylation sites (tertiary alicyclic amines) is 1. The molecule has 0 saturated carbocycles. The molecular weight excluding hydrogens is 316 g/mol. The Bertz CT molecular complexity index is 759. The highest BCUT2D eigenvalue weighted by Crippen LogP contribution is 2.16. The highest BCUT2D eigenvalue weighted by atomic mass is 32.2. The molecule has 1 aromatic carbocycles. The number of aromatic nitrogens is 2. The fraction of sp³-hybridized carbons (Fsp3) is 0.333. The average molecular weight is 334 g/mol. The van der Waals surface area contributed by atoms with Crippen molar-refractivity contribution >= 4 is 15.9 Å². The second kappa shape index (κ2) is 6.51. The van der Waals surface area contributed by atoms with Crippen LogP contribution < -0.4 is 4.72 Å². The number of H-pyrrole nitrogens is 1. The Balaban J connectivity index is 1.68. The van der Waals surface area contributed by atoms with E-state index in [1.807, 2.05) is 0 Å². The lowest BCUT2D eigenvalue weighted by Crippen LogP contribution is -2.49. The van der Waals surface area contributed by atoms with E-state index in [9.17, 15) is 13.2 Å². The average Bonchev–Trinajstić information content (AvgIpc) is 3.09. The minimum atomic E-state index is -3.57. The Morgan fingerprint density at radius 2 is 2.04 bits per heavy atom. The van der Waals surface area contributed by atoms with Crippen molar-refractivity contribution in [2.75, 3.05) is 13.1 Å². The van der Waals surface area contributed by atoms with E-state index in [4.69, 9.17) is 0 Å². The van der Waals surface area contributed by atoms with Crippen LogP contribution >= 0.6 is 0 Å². The summed E-state index contributed by atoms with van der Waals surface area (Å²) in [5, 5.41) is 6.42. The van der Waals surface area contributed by atoms with Crippen molar-refractivity contribution < 1.29 is 13.2 Å². The quantitative estimate of drug-likeness (QED) is 0.872. The predicted octanol–water partition coefficient (Wildman–Crippen LogP) is 0.993. The Kier molecular flexibility index (Phi) is 4.44. The summed E-state index contributed by atoms with van der Waals surface area (Å²) in [7, 11) is -3.57. The van der Waals surface area contributed by atoms with E-state index in [-0.39, 0.29) is 16.8 Å². The molecule has 23 heavy (non-hydrogen) atoms. The van der Waals surface area contributed by atoms with Gasteiger partial charge in [0.2, 0.25) is 10.0 Å². The molecule has 1 saturated heterocycles. The third-order valence-corrected chi connectivity index (χ3v) is 5.35. The molecule has 1 amide bonds. The van der Waals surface area contributed by atoms with Gasteiger partial charge in [-0.25, -0.2) is 13.1 Å². The van der Waals surface area contributed by atoms with E-state index in [2.05, 4.69) is 14.9 Å². The second-order valence-corrected chi connectivity index (χ2v) is 7.21. The van der Waals surface area contributed by atoms with Crippen molar-refractivity contribution in [1.82, 2.24) is 19.8 Å². The van der Waals surface area contributed by atoms with Gasteiger partial charge in [-0.15, -0.1) is 0 Å². The first-order valence-electron chi connectivity index (χ1n) is 7.42. The van der Waals surface area contributed by atoms with Gasteiger partial charge in [0, 0.05) is 25.3 Å². The highest BCUT2D eigenvalue weighted by molar-refractivity contribution is 7.89. The molecule has 1 atom stereocenters. The SMILES string of the molecule is O=C(c1ccn[nH]1)N1CCCC(NS(=O)(=O)c2ccccc2)C1. The number of piperidine rings is 1. The Hall–Kier alpha value is -2.19. The minimum Gasteiger partial charge on any atom is -0.336 e. The Labute approximate surface area is 134 Å². The standard InChI is InChI=1S/C15H18N4O3S/c20-15(14-8-9-16-17-14)19-10-4-5-12(11-19)18-23(21,22)13-6-2-1-3-7-13/h1-3,6-9,12,18H,4-5,10-11H2,(H,16,17). The third kappa shape index (κ3) is 3.59. The van der Waals surface area contributed by atoms with Gasteiger partial charge < -0.3 is 4.90 Å². The number of carbonyl (C=O) groups excluding carboxylic acids is 1. The third-order valence-electron chi connectivity index (χ3n) is 3.82. The lowest BCUT2D eigenvalue weighted by atomic mass is 10.1. The molecule has 3 rings (SSSR count). The highest BCUT2D eigenvalue weighted by Gasteiger charge is 2.28. The smallest absolute Gasteiger partial charge is 0.271 e. The van der Waals surface area contributed by atoms with Crippen LogP contribution in [0.1, 0.15) is 23.3 Å². The predicted molar refractivity (Wildman–Crippen MR) is 84.3 cm³/mol. The molecule has 1 aliphatic heterocycles. The number of carbonyl (C=O) groups is 1. The van der Waals surface area contributed by atoms with Crippen molar-refractivity contribution in [2.45, 2.75) is 23.8 Å². The lowest BCUT2D eigenvalue weighted by molar-refractivity contribution is 0.0697. The molecule has 1 fully saturated rings. The van der Waals surface area contributed by atoms with Crippen LogP contribution in [0.15, 0.2) is 47.5 Å². The van der Waals surface area contributed by atoms with E-state index < -0.39 is 10.0 Å². The number of benzene rings is 1. The molecule has 0 radical (unpaired) electrons. The summed E-state index contributed by atoms with van der Waals surface area (Å²) >= 11 is 0. The fourth-order valence-electron chi connectivity index (χ4n) is 2.69. The van der Waals surface area contributed by atoms with Crippen LogP contribution in [0.4, 0.5) is 0 Å². The monoisotopic (exact) mass is 334 g/mol. The molecule has 1 unspecified atom stereocenters. The Morgan fingerprint density at radius 1 is 1.26 bits per heavy atom. The van der Waals surface area contributed by atoms with E-state index in [0.717, 1.165) is 6.42 Å². The van der Waals surface area contributed by atoms with Crippen LogP contribution in [0, 0.1) is 0 Å². The van der Waals surface area contributed by atoms with Gasteiger partial charge in [-0.05, 0) is 31.0 Å². The summed E-state index contributed by atoms with van der Waals surface area (Å²) in [5.41, 5.74) is 0.413. The van der Waals surface area contributed by atoms with Gasteiger partial charge in [0.05, 0.1) is 4.90 Å². The summed E-state index contributed by atoms with van der Waals surface area (Å²) < 4.78 is 27.4. The Morgan fingerprint density at radius 3 is 2.74 bits per heavy atom. The van der Waals surface area contributed by atoms with Crippen LogP contribution in [-0.2, 0) is 10.0 Å². The maximum absolute atomic E-state index is 12.4. The second-order valence-electron chi connectivity index (χ2n) is 5.49.